The fourth-order valence-electron chi connectivity index (χ4n) is 3.02. The molecule has 1 unspecified atom stereocenters. The molecule has 1 aliphatic carbocycles. The molecule has 0 aromatic heterocycles. The molecule has 0 N–H and O–H groups in total. The molecule has 1 aromatic carbocycles. The van der Waals surface area contributed by atoms with Gasteiger partial charge in [0.05, 0.1) is 0 Å². The van der Waals surface area contributed by atoms with Gasteiger partial charge >= 0.3 is 0 Å². The number of Topliss-reactive ketones (excluding diaryl/α,β-unsaturated/α-hetero) is 1. The molecule has 1 atom stereocenters. The van der Waals surface area contributed by atoms with E-state index in [4.69, 9.17) is 0 Å². The van der Waals surface area contributed by atoms with Gasteiger partial charge in [0.15, 0.2) is 0 Å². The van der Waals surface area contributed by atoms with Crippen molar-refractivity contribution in [2.24, 2.45) is 11.8 Å². The first kappa shape index (κ1) is 13.3. The topological polar surface area (TPSA) is 17.1 Å². The van der Waals surface area contributed by atoms with E-state index in [-0.39, 0.29) is 0 Å². The molecule has 1 aromatic rings. The zero-order chi connectivity index (χ0) is 12.8. The van der Waals surface area contributed by atoms with Crippen LogP contribution in [0.15, 0.2) is 30.3 Å². The number of rotatable bonds is 5. The second-order valence-corrected chi connectivity index (χ2v) is 5.80. The zero-order valence-electron chi connectivity index (χ0n) is 11.4. The standard InChI is InChI=1S/C17H24O/c1-14(12-15-8-4-2-5-9-15)13-17(18)16-10-6-3-7-11-16/h2,4-5,8-9,14,16H,3,6-7,10-13H2,1H3. The van der Waals surface area contributed by atoms with E-state index in [0.29, 0.717) is 17.6 Å². The lowest BCUT2D eigenvalue weighted by Gasteiger charge is -2.21. The molecule has 1 saturated carbocycles. The summed E-state index contributed by atoms with van der Waals surface area (Å²) in [5.74, 6) is 1.36. The fourth-order valence-corrected chi connectivity index (χ4v) is 3.02. The number of hydrogen-bond donors (Lipinski definition) is 0. The summed E-state index contributed by atoms with van der Waals surface area (Å²) in [5, 5.41) is 0. The summed E-state index contributed by atoms with van der Waals surface area (Å²) in [4.78, 5) is 12.2. The summed E-state index contributed by atoms with van der Waals surface area (Å²) in [6.07, 6.45) is 7.89. The van der Waals surface area contributed by atoms with Gasteiger partial charge in [0, 0.05) is 12.3 Å². The molecule has 0 bridgehead atoms. The third-order valence-corrected chi connectivity index (χ3v) is 4.04. The Kier molecular flexibility index (Phi) is 4.98. The molecular formula is C17H24O. The van der Waals surface area contributed by atoms with Crippen LogP contribution in [-0.2, 0) is 11.2 Å². The summed E-state index contributed by atoms with van der Waals surface area (Å²) >= 11 is 0. The minimum atomic E-state index is 0.372. The minimum Gasteiger partial charge on any atom is -0.299 e. The van der Waals surface area contributed by atoms with Crippen molar-refractivity contribution in [3.05, 3.63) is 35.9 Å². The molecule has 0 heterocycles. The monoisotopic (exact) mass is 244 g/mol. The summed E-state index contributed by atoms with van der Waals surface area (Å²) in [5.41, 5.74) is 1.35. The van der Waals surface area contributed by atoms with Crippen LogP contribution >= 0.6 is 0 Å². The number of benzene rings is 1. The van der Waals surface area contributed by atoms with Gasteiger partial charge in [-0.3, -0.25) is 4.79 Å². The Hall–Kier alpha value is -1.11. The van der Waals surface area contributed by atoms with E-state index < -0.39 is 0 Å². The van der Waals surface area contributed by atoms with Crippen molar-refractivity contribution in [3.63, 3.8) is 0 Å². The van der Waals surface area contributed by atoms with Gasteiger partial charge in [0.25, 0.3) is 0 Å². The second-order valence-electron chi connectivity index (χ2n) is 5.80. The van der Waals surface area contributed by atoms with E-state index in [0.717, 1.165) is 25.7 Å². The summed E-state index contributed by atoms with van der Waals surface area (Å²) in [7, 11) is 0. The maximum Gasteiger partial charge on any atom is 0.136 e. The average Bonchev–Trinajstić information content (AvgIpc) is 2.40. The van der Waals surface area contributed by atoms with Gasteiger partial charge in [0.1, 0.15) is 5.78 Å². The van der Waals surface area contributed by atoms with Gasteiger partial charge in [-0.1, -0.05) is 56.5 Å². The van der Waals surface area contributed by atoms with Gasteiger partial charge in [-0.2, -0.15) is 0 Å². The number of carbonyl (C=O) groups excluding carboxylic acids is 1. The van der Waals surface area contributed by atoms with Crippen LogP contribution in [0, 0.1) is 11.8 Å². The predicted octanol–water partition coefficient (Wildman–Crippen LogP) is 4.40. The SMILES string of the molecule is CC(CC(=O)C1CCCCC1)Cc1ccccc1. The van der Waals surface area contributed by atoms with Gasteiger partial charge in [-0.05, 0) is 30.7 Å². The van der Waals surface area contributed by atoms with Gasteiger partial charge < -0.3 is 0 Å². The molecule has 0 aliphatic heterocycles. The van der Waals surface area contributed by atoms with Crippen LogP contribution in [0.1, 0.15) is 51.0 Å². The van der Waals surface area contributed by atoms with Crippen molar-refractivity contribution in [2.45, 2.75) is 51.9 Å². The smallest absolute Gasteiger partial charge is 0.136 e. The van der Waals surface area contributed by atoms with Gasteiger partial charge in [-0.15, -0.1) is 0 Å². The molecule has 2 rings (SSSR count). The Morgan fingerprint density at radius 1 is 1.17 bits per heavy atom. The van der Waals surface area contributed by atoms with E-state index >= 15 is 0 Å². The minimum absolute atomic E-state index is 0.372. The molecule has 1 heteroatoms. The molecule has 0 saturated heterocycles. The van der Waals surface area contributed by atoms with Crippen molar-refractivity contribution in [1.29, 1.82) is 0 Å². The van der Waals surface area contributed by atoms with Crippen LogP contribution in [0.3, 0.4) is 0 Å². The molecule has 1 nitrogen and oxygen atoms in total. The summed E-state index contributed by atoms with van der Waals surface area (Å²) < 4.78 is 0. The molecule has 1 fully saturated rings. The Labute approximate surface area is 111 Å². The second kappa shape index (κ2) is 6.72. The van der Waals surface area contributed by atoms with Crippen molar-refractivity contribution >= 4 is 5.78 Å². The molecule has 18 heavy (non-hydrogen) atoms. The number of carbonyl (C=O) groups is 1. The largest absolute Gasteiger partial charge is 0.299 e. The van der Waals surface area contributed by atoms with Crippen LogP contribution in [-0.4, -0.2) is 5.78 Å². The Morgan fingerprint density at radius 3 is 2.50 bits per heavy atom. The van der Waals surface area contributed by atoms with Crippen LogP contribution in [0.5, 0.6) is 0 Å². The third kappa shape index (κ3) is 3.97. The average molecular weight is 244 g/mol. The Bertz CT molecular complexity index is 362. The van der Waals surface area contributed by atoms with Crippen molar-refractivity contribution in [2.75, 3.05) is 0 Å². The van der Waals surface area contributed by atoms with Crippen LogP contribution in [0.25, 0.3) is 0 Å². The van der Waals surface area contributed by atoms with Crippen molar-refractivity contribution in [1.82, 2.24) is 0 Å². The quantitative estimate of drug-likeness (QED) is 0.750. The highest BCUT2D eigenvalue weighted by Gasteiger charge is 2.22. The Morgan fingerprint density at radius 2 is 1.83 bits per heavy atom. The van der Waals surface area contributed by atoms with Crippen molar-refractivity contribution < 1.29 is 4.79 Å². The first-order chi connectivity index (χ1) is 8.75. The normalized spacial score (nSPS) is 18.5. The fraction of sp³-hybridized carbons (Fsp3) is 0.588. The van der Waals surface area contributed by atoms with E-state index in [1.54, 1.807) is 0 Å². The van der Waals surface area contributed by atoms with E-state index in [1.165, 1.54) is 24.8 Å². The lowest BCUT2D eigenvalue weighted by atomic mass is 9.82. The molecule has 0 amide bonds. The predicted molar refractivity (Wildman–Crippen MR) is 75.5 cm³/mol. The molecule has 0 spiro atoms. The summed E-state index contributed by atoms with van der Waals surface area (Å²) in [6, 6.07) is 10.5. The molecule has 98 valence electrons. The first-order valence-corrected chi connectivity index (χ1v) is 7.32. The molecule has 0 radical (unpaired) electrons. The Balaban J connectivity index is 1.79. The lowest BCUT2D eigenvalue weighted by molar-refractivity contribution is -0.124. The lowest BCUT2D eigenvalue weighted by Crippen LogP contribution is -2.20. The van der Waals surface area contributed by atoms with E-state index in [9.17, 15) is 4.79 Å². The summed E-state index contributed by atoms with van der Waals surface area (Å²) in [6.45, 7) is 2.20. The van der Waals surface area contributed by atoms with Crippen molar-refractivity contribution in [3.8, 4) is 0 Å². The highest BCUT2D eigenvalue weighted by Crippen LogP contribution is 2.27. The molecular weight excluding hydrogens is 220 g/mol. The number of hydrogen-bond acceptors (Lipinski definition) is 1. The highest BCUT2D eigenvalue weighted by molar-refractivity contribution is 5.81. The highest BCUT2D eigenvalue weighted by atomic mass is 16.1. The van der Waals surface area contributed by atoms with E-state index in [2.05, 4.69) is 31.2 Å². The maximum absolute atomic E-state index is 12.2. The first-order valence-electron chi connectivity index (χ1n) is 7.32. The van der Waals surface area contributed by atoms with Gasteiger partial charge in [-0.25, -0.2) is 0 Å². The van der Waals surface area contributed by atoms with E-state index in [1.807, 2.05) is 6.07 Å². The maximum atomic E-state index is 12.2. The zero-order valence-corrected chi connectivity index (χ0v) is 11.4. The van der Waals surface area contributed by atoms with Crippen LogP contribution < -0.4 is 0 Å². The van der Waals surface area contributed by atoms with Crippen LogP contribution in [0.4, 0.5) is 0 Å². The molecule has 1 aliphatic rings. The van der Waals surface area contributed by atoms with Gasteiger partial charge in [0.2, 0.25) is 0 Å². The third-order valence-electron chi connectivity index (χ3n) is 4.04. The number of ketones is 1. The van der Waals surface area contributed by atoms with Crippen LogP contribution in [0.2, 0.25) is 0 Å².